The summed E-state index contributed by atoms with van der Waals surface area (Å²) in [6.45, 7) is 8.11. The van der Waals surface area contributed by atoms with Crippen LogP contribution in [0.2, 0.25) is 0 Å². The van der Waals surface area contributed by atoms with Crippen LogP contribution in [0.5, 0.6) is 0 Å². The average Bonchev–Trinajstić information content (AvgIpc) is 2.85. The van der Waals surface area contributed by atoms with E-state index in [2.05, 4.69) is 6.92 Å². The van der Waals surface area contributed by atoms with Crippen LogP contribution in [0.15, 0.2) is 0 Å². The number of carbonyl (C=O) groups excluding carboxylic acids is 2. The predicted molar refractivity (Wildman–Crippen MR) is 96.4 cm³/mol. The van der Waals surface area contributed by atoms with Gasteiger partial charge in [0.25, 0.3) is 0 Å². The fraction of sp³-hybridized carbons (Fsp3) is 0.905. The number of rotatable bonds is 2. The zero-order chi connectivity index (χ0) is 19.8. The molecule has 6 heteroatoms. The molecule has 6 nitrogen and oxygen atoms in total. The van der Waals surface area contributed by atoms with Crippen LogP contribution in [0.3, 0.4) is 0 Å². The van der Waals surface area contributed by atoms with E-state index < -0.39 is 28.9 Å². The van der Waals surface area contributed by atoms with Crippen molar-refractivity contribution in [2.24, 2.45) is 28.6 Å². The van der Waals surface area contributed by atoms with Crippen LogP contribution in [0.1, 0.15) is 66.2 Å². The molecule has 2 aliphatic carbocycles. The number of carbonyl (C=O) groups is 2. The van der Waals surface area contributed by atoms with Crippen LogP contribution in [0.4, 0.5) is 0 Å². The molecule has 2 saturated heterocycles. The van der Waals surface area contributed by atoms with Crippen molar-refractivity contribution in [3.05, 3.63) is 0 Å². The van der Waals surface area contributed by atoms with E-state index in [1.807, 2.05) is 20.8 Å². The van der Waals surface area contributed by atoms with Crippen molar-refractivity contribution >= 4 is 11.9 Å². The molecule has 2 saturated carbocycles. The van der Waals surface area contributed by atoms with E-state index in [0.717, 1.165) is 25.7 Å². The van der Waals surface area contributed by atoms with E-state index in [9.17, 15) is 14.7 Å². The van der Waals surface area contributed by atoms with Crippen LogP contribution in [-0.4, -0.2) is 41.6 Å². The Morgan fingerprint density at radius 2 is 1.93 bits per heavy atom. The minimum atomic E-state index is -1.30. The van der Waals surface area contributed by atoms with Crippen LogP contribution in [-0.2, 0) is 23.8 Å². The molecular formula is C21H32O6. The second-order valence-electron chi connectivity index (χ2n) is 9.91. The molecule has 0 aromatic rings. The third-order valence-electron chi connectivity index (χ3n) is 8.48. The van der Waals surface area contributed by atoms with Gasteiger partial charge >= 0.3 is 11.9 Å². The molecule has 0 aromatic heterocycles. The van der Waals surface area contributed by atoms with Crippen molar-refractivity contribution in [1.82, 2.24) is 0 Å². The molecule has 152 valence electrons. The maximum absolute atomic E-state index is 13.1. The van der Waals surface area contributed by atoms with Crippen molar-refractivity contribution in [3.8, 4) is 0 Å². The minimum absolute atomic E-state index is 0.0196. The lowest BCUT2D eigenvalue weighted by Crippen LogP contribution is -2.69. The molecule has 1 N–H and O–H groups in total. The van der Waals surface area contributed by atoms with Crippen LogP contribution in [0.25, 0.3) is 0 Å². The van der Waals surface area contributed by atoms with E-state index in [1.54, 1.807) is 0 Å². The first-order valence-electron chi connectivity index (χ1n) is 10.3. The van der Waals surface area contributed by atoms with Gasteiger partial charge in [-0.1, -0.05) is 27.2 Å². The Labute approximate surface area is 160 Å². The lowest BCUT2D eigenvalue weighted by atomic mass is 9.43. The Bertz CT molecular complexity index is 676. The second-order valence-corrected chi connectivity index (χ2v) is 9.91. The van der Waals surface area contributed by atoms with E-state index in [0.29, 0.717) is 12.8 Å². The van der Waals surface area contributed by atoms with Crippen molar-refractivity contribution in [3.63, 3.8) is 0 Å². The molecule has 0 unspecified atom stereocenters. The smallest absolute Gasteiger partial charge is 0.344 e. The van der Waals surface area contributed by atoms with Gasteiger partial charge in [0.05, 0.1) is 18.6 Å². The van der Waals surface area contributed by atoms with Gasteiger partial charge in [-0.25, -0.2) is 4.79 Å². The lowest BCUT2D eigenvalue weighted by Gasteiger charge is -2.63. The first kappa shape index (κ1) is 19.2. The number of methoxy groups -OCH3 is 1. The molecular weight excluding hydrogens is 348 g/mol. The molecule has 2 bridgehead atoms. The number of aliphatic hydroxyl groups excluding tert-OH is 1. The molecule has 0 amide bonds. The molecule has 27 heavy (non-hydrogen) atoms. The number of fused-ring (bicyclic) bond motifs is 3. The highest BCUT2D eigenvalue weighted by atomic mass is 16.8. The standard InChI is InChI=1S/C21H32O6/c1-12(2)20-10-7-13-18(3)8-6-9-19(4,16(23)25-5)14(18)11-15(22)21(13,27-20)17(24)26-20/h12-15,22H,6-11H2,1-5H3/t13-,14-,15-,18-,19-,20-,21+/m1/s1. The predicted octanol–water partition coefficient (Wildman–Crippen LogP) is 2.81. The fourth-order valence-corrected chi connectivity index (χ4v) is 6.98. The van der Waals surface area contributed by atoms with Gasteiger partial charge in [0, 0.05) is 18.3 Å². The molecule has 1 spiro atoms. The van der Waals surface area contributed by atoms with Crippen molar-refractivity contribution < 1.29 is 28.9 Å². The first-order valence-corrected chi connectivity index (χ1v) is 10.3. The average molecular weight is 380 g/mol. The van der Waals surface area contributed by atoms with Gasteiger partial charge in [0.2, 0.25) is 5.79 Å². The normalized spacial score (nSPS) is 51.4. The van der Waals surface area contributed by atoms with Gasteiger partial charge in [-0.2, -0.15) is 0 Å². The lowest BCUT2D eigenvalue weighted by molar-refractivity contribution is -0.307. The highest BCUT2D eigenvalue weighted by molar-refractivity contribution is 5.84. The molecule has 0 radical (unpaired) electrons. The summed E-state index contributed by atoms with van der Waals surface area (Å²) in [5.74, 6) is -1.77. The summed E-state index contributed by atoms with van der Waals surface area (Å²) in [6.07, 6.45) is 3.31. The van der Waals surface area contributed by atoms with Crippen LogP contribution in [0, 0.1) is 28.6 Å². The summed E-state index contributed by atoms with van der Waals surface area (Å²) >= 11 is 0. The van der Waals surface area contributed by atoms with Crippen LogP contribution >= 0.6 is 0 Å². The van der Waals surface area contributed by atoms with Gasteiger partial charge in [-0.15, -0.1) is 0 Å². The van der Waals surface area contributed by atoms with Crippen molar-refractivity contribution in [1.29, 1.82) is 0 Å². The fourth-order valence-electron chi connectivity index (χ4n) is 6.98. The second kappa shape index (κ2) is 5.69. The van der Waals surface area contributed by atoms with Crippen LogP contribution < -0.4 is 0 Å². The summed E-state index contributed by atoms with van der Waals surface area (Å²) < 4.78 is 17.3. The van der Waals surface area contributed by atoms with Crippen molar-refractivity contribution in [2.75, 3.05) is 7.11 Å². The Balaban J connectivity index is 1.80. The summed E-state index contributed by atoms with van der Waals surface area (Å²) in [5, 5.41) is 11.2. The molecule has 2 heterocycles. The molecule has 7 atom stereocenters. The quantitative estimate of drug-likeness (QED) is 0.742. The zero-order valence-electron chi connectivity index (χ0n) is 17.0. The van der Waals surface area contributed by atoms with Gasteiger partial charge in [0.15, 0.2) is 5.60 Å². The largest absolute Gasteiger partial charge is 0.469 e. The molecule has 2 aliphatic heterocycles. The molecule has 4 aliphatic rings. The Hall–Kier alpha value is -1.14. The van der Waals surface area contributed by atoms with Gasteiger partial charge in [-0.05, 0) is 43.9 Å². The van der Waals surface area contributed by atoms with Gasteiger partial charge in [-0.3, -0.25) is 4.79 Å². The first-order chi connectivity index (χ1) is 12.6. The summed E-state index contributed by atoms with van der Waals surface area (Å²) in [7, 11) is 1.43. The molecule has 4 rings (SSSR count). The van der Waals surface area contributed by atoms with Crippen molar-refractivity contribution in [2.45, 2.75) is 83.7 Å². The Kier molecular flexibility index (Phi) is 4.05. The number of hydrogen-bond acceptors (Lipinski definition) is 6. The Morgan fingerprint density at radius 1 is 1.22 bits per heavy atom. The highest BCUT2D eigenvalue weighted by Gasteiger charge is 2.76. The maximum Gasteiger partial charge on any atom is 0.344 e. The molecule has 4 fully saturated rings. The highest BCUT2D eigenvalue weighted by Crippen LogP contribution is 2.68. The number of ether oxygens (including phenoxy) is 3. The summed E-state index contributed by atoms with van der Waals surface area (Å²) in [6, 6.07) is 0. The van der Waals surface area contributed by atoms with E-state index in [1.165, 1.54) is 7.11 Å². The van der Waals surface area contributed by atoms with E-state index >= 15 is 0 Å². The molecule has 0 aromatic carbocycles. The Morgan fingerprint density at radius 3 is 2.56 bits per heavy atom. The monoisotopic (exact) mass is 380 g/mol. The number of aliphatic hydroxyl groups is 1. The maximum atomic E-state index is 13.1. The van der Waals surface area contributed by atoms with E-state index in [4.69, 9.17) is 14.2 Å². The third-order valence-corrected chi connectivity index (χ3v) is 8.48. The zero-order valence-corrected chi connectivity index (χ0v) is 17.0. The third kappa shape index (κ3) is 2.14. The van der Waals surface area contributed by atoms with Gasteiger partial charge in [0.1, 0.15) is 0 Å². The number of hydrogen-bond donors (Lipinski definition) is 1. The SMILES string of the molecule is COC(=O)[C@]1(C)CCC[C@]2(C)[C@H]3CC[C@@]4(C(C)C)OC(=O)[C@@]3(O4)[C@H](O)C[C@H]21. The van der Waals surface area contributed by atoms with E-state index in [-0.39, 0.29) is 29.1 Å². The summed E-state index contributed by atoms with van der Waals surface area (Å²) in [4.78, 5) is 25.8. The van der Waals surface area contributed by atoms with Gasteiger partial charge < -0.3 is 19.3 Å². The summed E-state index contributed by atoms with van der Waals surface area (Å²) in [5.41, 5.74) is -2.24. The number of esters is 2. The minimum Gasteiger partial charge on any atom is -0.469 e. The topological polar surface area (TPSA) is 82.1 Å².